The third-order valence-electron chi connectivity index (χ3n) is 4.57. The summed E-state index contributed by atoms with van der Waals surface area (Å²) in [5.74, 6) is 0. The quantitative estimate of drug-likeness (QED) is 0.860. The molecule has 0 bridgehead atoms. The van der Waals surface area contributed by atoms with Gasteiger partial charge in [-0.2, -0.15) is 0 Å². The number of benzene rings is 1. The van der Waals surface area contributed by atoms with Gasteiger partial charge in [-0.3, -0.25) is 9.80 Å². The van der Waals surface area contributed by atoms with Crippen LogP contribution in [-0.4, -0.2) is 53.2 Å². The number of nitrogens with zero attached hydrogens (tertiary/aromatic N) is 2. The average Bonchev–Trinajstić information content (AvgIpc) is 3.31. The minimum atomic E-state index is 0.297. The molecule has 20 heavy (non-hydrogen) atoms. The molecular weight excluding hydrogens is 248 g/mol. The van der Waals surface area contributed by atoms with Gasteiger partial charge in [0.05, 0.1) is 6.61 Å². The summed E-state index contributed by atoms with van der Waals surface area (Å²) < 4.78 is 0. The Kier molecular flexibility index (Phi) is 4.71. The highest BCUT2D eigenvalue weighted by atomic mass is 16.3. The van der Waals surface area contributed by atoms with Crippen LogP contribution in [0.1, 0.15) is 31.2 Å². The monoisotopic (exact) mass is 274 g/mol. The molecule has 110 valence electrons. The molecule has 1 aromatic rings. The summed E-state index contributed by atoms with van der Waals surface area (Å²) >= 11 is 0. The number of aliphatic hydroxyl groups is 1. The maximum Gasteiger partial charge on any atom is 0.0558 e. The van der Waals surface area contributed by atoms with E-state index in [0.29, 0.717) is 12.6 Å². The molecule has 1 saturated carbocycles. The van der Waals surface area contributed by atoms with Crippen LogP contribution in [0.25, 0.3) is 0 Å². The van der Waals surface area contributed by atoms with Gasteiger partial charge in [0.1, 0.15) is 0 Å². The third-order valence-corrected chi connectivity index (χ3v) is 4.57. The van der Waals surface area contributed by atoms with E-state index in [1.807, 2.05) is 0 Å². The van der Waals surface area contributed by atoms with Crippen LogP contribution in [0.15, 0.2) is 30.3 Å². The molecular formula is C17H26N2O. The van der Waals surface area contributed by atoms with E-state index in [4.69, 9.17) is 0 Å². The lowest BCUT2D eigenvalue weighted by Gasteiger charge is -2.39. The minimum absolute atomic E-state index is 0.297. The fraction of sp³-hybridized carbons (Fsp3) is 0.647. The lowest BCUT2D eigenvalue weighted by atomic mass is 10.0. The fourth-order valence-corrected chi connectivity index (χ4v) is 3.47. The van der Waals surface area contributed by atoms with Crippen molar-refractivity contribution in [1.29, 1.82) is 0 Å². The minimum Gasteiger partial charge on any atom is -0.395 e. The molecule has 3 nitrogen and oxygen atoms in total. The normalized spacial score (nSPS) is 24.2. The van der Waals surface area contributed by atoms with Gasteiger partial charge in [0.2, 0.25) is 0 Å². The summed E-state index contributed by atoms with van der Waals surface area (Å²) in [6.07, 6.45) is 5.23. The number of hydrogen-bond acceptors (Lipinski definition) is 3. The van der Waals surface area contributed by atoms with Crippen molar-refractivity contribution in [3.8, 4) is 0 Å². The van der Waals surface area contributed by atoms with Crippen molar-refractivity contribution >= 4 is 0 Å². The lowest BCUT2D eigenvalue weighted by molar-refractivity contribution is 0.0728. The van der Waals surface area contributed by atoms with Crippen LogP contribution in [0, 0.1) is 0 Å². The zero-order chi connectivity index (χ0) is 13.8. The van der Waals surface area contributed by atoms with E-state index in [2.05, 4.69) is 40.1 Å². The van der Waals surface area contributed by atoms with Crippen molar-refractivity contribution in [3.63, 3.8) is 0 Å². The van der Waals surface area contributed by atoms with Crippen LogP contribution < -0.4 is 0 Å². The Bertz CT molecular complexity index is 405. The Morgan fingerprint density at radius 3 is 2.60 bits per heavy atom. The SMILES string of the molecule is OCCN(C1CC1)C1CCCN(Cc2ccccc2)C1. The third kappa shape index (κ3) is 3.60. The second-order valence-electron chi connectivity index (χ2n) is 6.21. The van der Waals surface area contributed by atoms with Crippen LogP contribution in [0.3, 0.4) is 0 Å². The van der Waals surface area contributed by atoms with E-state index in [1.54, 1.807) is 0 Å². The topological polar surface area (TPSA) is 26.7 Å². The first kappa shape index (κ1) is 14.1. The number of piperidine rings is 1. The second kappa shape index (κ2) is 6.70. The highest BCUT2D eigenvalue weighted by Crippen LogP contribution is 2.31. The summed E-state index contributed by atoms with van der Waals surface area (Å²) in [4.78, 5) is 5.15. The Morgan fingerprint density at radius 2 is 1.90 bits per heavy atom. The van der Waals surface area contributed by atoms with E-state index in [1.165, 1.54) is 37.8 Å². The number of aliphatic hydroxyl groups excluding tert-OH is 1. The largest absolute Gasteiger partial charge is 0.395 e. The molecule has 0 spiro atoms. The van der Waals surface area contributed by atoms with Gasteiger partial charge in [0.15, 0.2) is 0 Å². The van der Waals surface area contributed by atoms with Crippen LogP contribution in [0.5, 0.6) is 0 Å². The predicted octanol–water partition coefficient (Wildman–Crippen LogP) is 2.11. The summed E-state index contributed by atoms with van der Waals surface area (Å²) in [6.45, 7) is 4.59. The van der Waals surface area contributed by atoms with Crippen molar-refractivity contribution in [1.82, 2.24) is 9.80 Å². The van der Waals surface area contributed by atoms with Gasteiger partial charge < -0.3 is 5.11 Å². The molecule has 1 aliphatic heterocycles. The fourth-order valence-electron chi connectivity index (χ4n) is 3.47. The van der Waals surface area contributed by atoms with Crippen molar-refractivity contribution in [2.45, 2.75) is 44.3 Å². The van der Waals surface area contributed by atoms with Gasteiger partial charge in [0.25, 0.3) is 0 Å². The van der Waals surface area contributed by atoms with Gasteiger partial charge in [-0.05, 0) is 37.8 Å². The first-order valence-corrected chi connectivity index (χ1v) is 7.99. The first-order valence-electron chi connectivity index (χ1n) is 7.99. The zero-order valence-corrected chi connectivity index (χ0v) is 12.2. The van der Waals surface area contributed by atoms with Crippen molar-refractivity contribution in [3.05, 3.63) is 35.9 Å². The standard InChI is InChI=1S/C17H26N2O/c20-12-11-19(16-8-9-16)17-7-4-10-18(14-17)13-15-5-2-1-3-6-15/h1-3,5-6,16-17,20H,4,7-14H2. The van der Waals surface area contributed by atoms with E-state index < -0.39 is 0 Å². The molecule has 1 unspecified atom stereocenters. The Balaban J connectivity index is 1.58. The molecule has 1 heterocycles. The molecule has 1 aliphatic carbocycles. The second-order valence-corrected chi connectivity index (χ2v) is 6.21. The van der Waals surface area contributed by atoms with Crippen LogP contribution in [-0.2, 0) is 6.54 Å². The highest BCUT2D eigenvalue weighted by Gasteiger charge is 2.35. The highest BCUT2D eigenvalue weighted by molar-refractivity contribution is 5.14. The number of rotatable bonds is 6. The van der Waals surface area contributed by atoms with E-state index in [9.17, 15) is 5.11 Å². The Morgan fingerprint density at radius 1 is 1.10 bits per heavy atom. The Hall–Kier alpha value is -0.900. The van der Waals surface area contributed by atoms with Gasteiger partial charge in [-0.25, -0.2) is 0 Å². The smallest absolute Gasteiger partial charge is 0.0558 e. The van der Waals surface area contributed by atoms with Crippen molar-refractivity contribution in [2.24, 2.45) is 0 Å². The van der Waals surface area contributed by atoms with Gasteiger partial charge >= 0.3 is 0 Å². The molecule has 0 amide bonds. The van der Waals surface area contributed by atoms with E-state index in [-0.39, 0.29) is 0 Å². The summed E-state index contributed by atoms with van der Waals surface area (Å²) in [7, 11) is 0. The maximum absolute atomic E-state index is 9.29. The molecule has 3 heteroatoms. The summed E-state index contributed by atoms with van der Waals surface area (Å²) in [5, 5.41) is 9.29. The van der Waals surface area contributed by atoms with Crippen molar-refractivity contribution in [2.75, 3.05) is 26.2 Å². The van der Waals surface area contributed by atoms with Gasteiger partial charge in [-0.1, -0.05) is 30.3 Å². The number of hydrogen-bond donors (Lipinski definition) is 1. The molecule has 1 aromatic carbocycles. The van der Waals surface area contributed by atoms with Crippen LogP contribution >= 0.6 is 0 Å². The van der Waals surface area contributed by atoms with Gasteiger partial charge in [-0.15, -0.1) is 0 Å². The lowest BCUT2D eigenvalue weighted by Crippen LogP contribution is -2.49. The molecule has 1 saturated heterocycles. The average molecular weight is 274 g/mol. The molecule has 0 aromatic heterocycles. The number of likely N-dealkylation sites (tertiary alicyclic amines) is 1. The molecule has 2 fully saturated rings. The van der Waals surface area contributed by atoms with Crippen molar-refractivity contribution < 1.29 is 5.11 Å². The summed E-state index contributed by atoms with van der Waals surface area (Å²) in [6, 6.07) is 12.2. The molecule has 1 N–H and O–H groups in total. The first-order chi connectivity index (χ1) is 9.86. The molecule has 3 rings (SSSR count). The van der Waals surface area contributed by atoms with Crippen LogP contribution in [0.4, 0.5) is 0 Å². The van der Waals surface area contributed by atoms with Crippen LogP contribution in [0.2, 0.25) is 0 Å². The molecule has 2 aliphatic rings. The van der Waals surface area contributed by atoms with Gasteiger partial charge in [0, 0.05) is 31.7 Å². The van der Waals surface area contributed by atoms with E-state index in [0.717, 1.165) is 25.7 Å². The zero-order valence-electron chi connectivity index (χ0n) is 12.2. The molecule has 1 atom stereocenters. The maximum atomic E-state index is 9.29. The molecule has 0 radical (unpaired) electrons. The van der Waals surface area contributed by atoms with E-state index >= 15 is 0 Å². The predicted molar refractivity (Wildman–Crippen MR) is 81.6 cm³/mol. The summed E-state index contributed by atoms with van der Waals surface area (Å²) in [5.41, 5.74) is 1.41. The Labute approximate surface area is 122 Å².